The molecule has 0 aliphatic rings. The van der Waals surface area contributed by atoms with Crippen LogP contribution < -0.4 is 10.0 Å². The molecule has 0 saturated carbocycles. The number of hydrogen-bond acceptors (Lipinski definition) is 4. The smallest absolute Gasteiger partial charge is 0.271 e. The number of halogens is 2. The van der Waals surface area contributed by atoms with E-state index in [0.29, 0.717) is 6.54 Å². The van der Waals surface area contributed by atoms with Crippen molar-refractivity contribution in [2.45, 2.75) is 10.8 Å². The summed E-state index contributed by atoms with van der Waals surface area (Å²) in [6, 6.07) is 6.41. The maximum absolute atomic E-state index is 13.5. The van der Waals surface area contributed by atoms with Crippen LogP contribution in [0.2, 0.25) is 0 Å². The molecule has 0 radical (unpaired) electrons. The normalized spacial score (nSPS) is 11.6. The van der Waals surface area contributed by atoms with Gasteiger partial charge in [-0.25, -0.2) is 17.2 Å². The summed E-state index contributed by atoms with van der Waals surface area (Å²) in [5, 5.41) is 2.90. The van der Waals surface area contributed by atoms with Gasteiger partial charge in [0.05, 0.1) is 5.69 Å². The molecule has 1 aromatic heterocycles. The molecule has 0 saturated heterocycles. The maximum atomic E-state index is 13.5. The minimum atomic E-state index is -3.92. The molecule has 0 aliphatic carbocycles. The van der Waals surface area contributed by atoms with Crippen molar-refractivity contribution in [3.05, 3.63) is 46.8 Å². The first-order valence-electron chi connectivity index (χ1n) is 5.64. The van der Waals surface area contributed by atoms with Crippen LogP contribution >= 0.6 is 11.3 Å². The second-order valence-corrected chi connectivity index (χ2v) is 7.04. The third kappa shape index (κ3) is 3.14. The van der Waals surface area contributed by atoms with Crippen LogP contribution in [0, 0.1) is 11.6 Å². The molecule has 4 nitrogen and oxygen atoms in total. The van der Waals surface area contributed by atoms with Gasteiger partial charge >= 0.3 is 0 Å². The minimum Gasteiger partial charge on any atom is -0.315 e. The Balaban J connectivity index is 2.28. The fourth-order valence-corrected chi connectivity index (χ4v) is 3.98. The Morgan fingerprint density at radius 3 is 2.65 bits per heavy atom. The fraction of sp³-hybridized carbons (Fsp3) is 0.167. The van der Waals surface area contributed by atoms with E-state index in [4.69, 9.17) is 0 Å². The van der Waals surface area contributed by atoms with E-state index < -0.39 is 27.3 Å². The van der Waals surface area contributed by atoms with Crippen molar-refractivity contribution in [3.8, 4) is 0 Å². The highest BCUT2D eigenvalue weighted by Crippen LogP contribution is 2.25. The van der Waals surface area contributed by atoms with Gasteiger partial charge in [-0.15, -0.1) is 11.3 Å². The molecule has 0 atom stereocenters. The third-order valence-corrected chi connectivity index (χ3v) is 5.39. The second kappa shape index (κ2) is 5.86. The zero-order chi connectivity index (χ0) is 14.8. The van der Waals surface area contributed by atoms with Crippen LogP contribution in [0.5, 0.6) is 0 Å². The number of rotatable bonds is 5. The highest BCUT2D eigenvalue weighted by molar-refractivity contribution is 7.94. The molecular weight excluding hydrogens is 306 g/mol. The van der Waals surface area contributed by atoms with Gasteiger partial charge in [0.1, 0.15) is 4.21 Å². The number of hydrogen-bond donors (Lipinski definition) is 2. The van der Waals surface area contributed by atoms with Crippen molar-refractivity contribution in [3.63, 3.8) is 0 Å². The van der Waals surface area contributed by atoms with Crippen LogP contribution in [0.4, 0.5) is 14.5 Å². The average molecular weight is 318 g/mol. The summed E-state index contributed by atoms with van der Waals surface area (Å²) >= 11 is 1.06. The molecule has 0 aliphatic heterocycles. The summed E-state index contributed by atoms with van der Waals surface area (Å²) < 4.78 is 52.7. The summed E-state index contributed by atoms with van der Waals surface area (Å²) in [6.07, 6.45) is 0. The highest BCUT2D eigenvalue weighted by Gasteiger charge is 2.19. The van der Waals surface area contributed by atoms with E-state index in [2.05, 4.69) is 5.32 Å². The zero-order valence-electron chi connectivity index (χ0n) is 10.5. The largest absolute Gasteiger partial charge is 0.315 e. The van der Waals surface area contributed by atoms with E-state index in [-0.39, 0.29) is 4.21 Å². The van der Waals surface area contributed by atoms with Gasteiger partial charge in [-0.2, -0.15) is 0 Å². The van der Waals surface area contributed by atoms with Crippen molar-refractivity contribution in [1.29, 1.82) is 0 Å². The first-order chi connectivity index (χ1) is 9.44. The lowest BCUT2D eigenvalue weighted by atomic mass is 10.3. The van der Waals surface area contributed by atoms with Gasteiger partial charge in [0.25, 0.3) is 10.0 Å². The van der Waals surface area contributed by atoms with Gasteiger partial charge in [0.2, 0.25) is 0 Å². The van der Waals surface area contributed by atoms with Gasteiger partial charge in [0.15, 0.2) is 11.6 Å². The number of nitrogens with one attached hydrogen (secondary N) is 2. The molecule has 2 rings (SSSR count). The lowest BCUT2D eigenvalue weighted by molar-refractivity contribution is 0.511. The van der Waals surface area contributed by atoms with Gasteiger partial charge in [-0.05, 0) is 31.3 Å². The Hall–Kier alpha value is -1.51. The van der Waals surface area contributed by atoms with Crippen molar-refractivity contribution >= 4 is 27.0 Å². The van der Waals surface area contributed by atoms with E-state index in [0.717, 1.165) is 28.3 Å². The van der Waals surface area contributed by atoms with Gasteiger partial charge in [-0.3, -0.25) is 4.72 Å². The summed E-state index contributed by atoms with van der Waals surface area (Å²) in [5.41, 5.74) is -0.409. The molecule has 2 aromatic rings. The summed E-state index contributed by atoms with van der Waals surface area (Å²) in [4.78, 5) is 0.826. The molecule has 2 N–H and O–H groups in total. The molecule has 0 spiro atoms. The van der Waals surface area contributed by atoms with Crippen molar-refractivity contribution in [2.24, 2.45) is 0 Å². The summed E-state index contributed by atoms with van der Waals surface area (Å²) in [6.45, 7) is 0.536. The second-order valence-electron chi connectivity index (χ2n) is 3.96. The molecule has 8 heteroatoms. The number of benzene rings is 1. The molecular formula is C12H12F2N2O2S2. The number of anilines is 1. The third-order valence-electron chi connectivity index (χ3n) is 2.45. The molecule has 0 unspecified atom stereocenters. The van der Waals surface area contributed by atoms with Crippen LogP contribution in [0.3, 0.4) is 0 Å². The first-order valence-corrected chi connectivity index (χ1v) is 7.94. The highest BCUT2D eigenvalue weighted by atomic mass is 32.2. The Bertz CT molecular complexity index is 714. The maximum Gasteiger partial charge on any atom is 0.271 e. The van der Waals surface area contributed by atoms with Crippen LogP contribution in [0.25, 0.3) is 0 Å². The minimum absolute atomic E-state index is 0.0476. The van der Waals surface area contributed by atoms with E-state index in [1.165, 1.54) is 12.1 Å². The first kappa shape index (κ1) is 14.9. The summed E-state index contributed by atoms with van der Waals surface area (Å²) in [7, 11) is -2.17. The zero-order valence-corrected chi connectivity index (χ0v) is 12.1. The lowest BCUT2D eigenvalue weighted by Crippen LogP contribution is -2.13. The topological polar surface area (TPSA) is 58.2 Å². The molecule has 1 aromatic carbocycles. The van der Waals surface area contributed by atoms with Gasteiger partial charge in [-0.1, -0.05) is 6.07 Å². The quantitative estimate of drug-likeness (QED) is 0.891. The van der Waals surface area contributed by atoms with Crippen LogP contribution in [0.1, 0.15) is 4.88 Å². The summed E-state index contributed by atoms with van der Waals surface area (Å²) in [5.74, 6) is -2.32. The van der Waals surface area contributed by atoms with E-state index in [1.54, 1.807) is 13.1 Å². The SMILES string of the molecule is CNCc1ccc(S(=O)(=O)Nc2cccc(F)c2F)s1. The van der Waals surface area contributed by atoms with Gasteiger partial charge < -0.3 is 5.32 Å². The Morgan fingerprint density at radius 1 is 1.20 bits per heavy atom. The number of thiophene rings is 1. The Kier molecular flexibility index (Phi) is 4.36. The monoisotopic (exact) mass is 318 g/mol. The predicted octanol–water partition coefficient (Wildman–Crippen LogP) is 2.55. The molecule has 108 valence electrons. The van der Waals surface area contributed by atoms with Crippen molar-refractivity contribution in [2.75, 3.05) is 11.8 Å². The molecule has 0 amide bonds. The van der Waals surface area contributed by atoms with Gasteiger partial charge in [0, 0.05) is 11.4 Å². The average Bonchev–Trinajstić information content (AvgIpc) is 2.85. The van der Waals surface area contributed by atoms with Crippen molar-refractivity contribution < 1.29 is 17.2 Å². The standard InChI is InChI=1S/C12H12F2N2O2S2/c1-15-7-8-5-6-11(19-8)20(17,18)16-10-4-2-3-9(13)12(10)14/h2-6,15-16H,7H2,1H3. The van der Waals surface area contributed by atoms with Crippen LogP contribution in [-0.4, -0.2) is 15.5 Å². The molecule has 0 fully saturated rings. The molecule has 20 heavy (non-hydrogen) atoms. The predicted molar refractivity (Wildman–Crippen MR) is 74.2 cm³/mol. The fourth-order valence-electron chi connectivity index (χ4n) is 1.55. The molecule has 1 heterocycles. The Labute approximate surface area is 119 Å². The number of sulfonamides is 1. The van der Waals surface area contributed by atoms with E-state index >= 15 is 0 Å². The van der Waals surface area contributed by atoms with Crippen molar-refractivity contribution in [1.82, 2.24) is 5.32 Å². The van der Waals surface area contributed by atoms with Crippen LogP contribution in [0.15, 0.2) is 34.5 Å². The van der Waals surface area contributed by atoms with E-state index in [9.17, 15) is 17.2 Å². The van der Waals surface area contributed by atoms with E-state index in [1.807, 2.05) is 4.72 Å². The lowest BCUT2D eigenvalue weighted by Gasteiger charge is -2.07. The Morgan fingerprint density at radius 2 is 1.95 bits per heavy atom. The molecule has 0 bridgehead atoms. The van der Waals surface area contributed by atoms with Crippen LogP contribution in [-0.2, 0) is 16.6 Å².